The molecule has 2 aromatic heterocycles. The fraction of sp³-hybridized carbons (Fsp3) is 0.111. The molecule has 0 spiro atoms. The smallest absolute Gasteiger partial charge is 0.290 e. The molecule has 1 N–H and O–H groups in total. The number of nitrogens with one attached hydrogen (secondary N) is 1. The summed E-state index contributed by atoms with van der Waals surface area (Å²) in [5, 5.41) is 12.7. The van der Waals surface area contributed by atoms with Crippen molar-refractivity contribution in [3.8, 4) is 0 Å². The van der Waals surface area contributed by atoms with E-state index in [4.69, 9.17) is 0 Å². The number of fused-ring (bicyclic) bond motifs is 2. The number of nitro groups is 1. The third-order valence-electron chi connectivity index (χ3n) is 4.36. The van der Waals surface area contributed by atoms with Gasteiger partial charge in [0.1, 0.15) is 5.82 Å². The van der Waals surface area contributed by atoms with Crippen LogP contribution in [0.4, 0.5) is 5.69 Å². The number of nitro benzene ring substituents is 1. The molecule has 0 unspecified atom stereocenters. The van der Waals surface area contributed by atoms with E-state index in [9.17, 15) is 18.5 Å². The number of H-pyrrole nitrogens is 1. The van der Waals surface area contributed by atoms with Crippen molar-refractivity contribution in [2.45, 2.75) is 23.1 Å². The summed E-state index contributed by atoms with van der Waals surface area (Å²) in [5.74, 6) is 0.630. The number of nitrogens with zero attached hydrogens (tertiary/aromatic N) is 3. The Hall–Kier alpha value is -3.33. The molecule has 2 heterocycles. The van der Waals surface area contributed by atoms with Crippen molar-refractivity contribution in [3.63, 3.8) is 0 Å². The molecule has 0 aliphatic rings. The molecule has 0 radical (unpaired) electrons. The van der Waals surface area contributed by atoms with Crippen molar-refractivity contribution in [2.24, 2.45) is 0 Å². The second-order valence-corrected chi connectivity index (χ2v) is 7.87. The van der Waals surface area contributed by atoms with Crippen LogP contribution in [0.1, 0.15) is 12.7 Å². The van der Waals surface area contributed by atoms with Gasteiger partial charge in [-0.25, -0.2) is 13.4 Å². The van der Waals surface area contributed by atoms with Crippen LogP contribution in [0.3, 0.4) is 0 Å². The number of pyridine rings is 1. The maximum Gasteiger partial charge on any atom is 0.290 e. The Kier molecular flexibility index (Phi) is 3.88. The van der Waals surface area contributed by atoms with E-state index in [1.54, 1.807) is 24.4 Å². The minimum absolute atomic E-state index is 0.00361. The highest BCUT2D eigenvalue weighted by Gasteiger charge is 2.30. The Bertz CT molecular complexity index is 1310. The number of aromatic amines is 1. The van der Waals surface area contributed by atoms with Gasteiger partial charge in [-0.15, -0.1) is 0 Å². The van der Waals surface area contributed by atoms with E-state index in [-0.39, 0.29) is 9.79 Å². The summed E-state index contributed by atoms with van der Waals surface area (Å²) in [6.07, 6.45) is 3.63. The van der Waals surface area contributed by atoms with Crippen molar-refractivity contribution in [1.82, 2.24) is 15.0 Å². The fourth-order valence-electron chi connectivity index (χ4n) is 3.05. The third-order valence-corrected chi connectivity index (χ3v) is 6.20. The second-order valence-electron chi connectivity index (χ2n) is 5.99. The van der Waals surface area contributed by atoms with Gasteiger partial charge in [-0.1, -0.05) is 19.1 Å². The van der Waals surface area contributed by atoms with Gasteiger partial charge in [-0.05, 0) is 18.2 Å². The molecule has 0 bridgehead atoms. The van der Waals surface area contributed by atoms with Gasteiger partial charge < -0.3 is 4.98 Å². The Morgan fingerprint density at radius 1 is 1.19 bits per heavy atom. The molecule has 0 saturated heterocycles. The van der Waals surface area contributed by atoms with E-state index in [1.165, 1.54) is 24.4 Å². The van der Waals surface area contributed by atoms with Gasteiger partial charge in [0.05, 0.1) is 20.9 Å². The van der Waals surface area contributed by atoms with Gasteiger partial charge >= 0.3 is 0 Å². The molecule has 0 saturated carbocycles. The van der Waals surface area contributed by atoms with Gasteiger partial charge in [0.15, 0.2) is 4.90 Å². The first-order valence-corrected chi connectivity index (χ1v) is 9.65. The zero-order valence-corrected chi connectivity index (χ0v) is 15.0. The van der Waals surface area contributed by atoms with Gasteiger partial charge in [0, 0.05) is 35.7 Å². The predicted molar refractivity (Wildman–Crippen MR) is 99.3 cm³/mol. The van der Waals surface area contributed by atoms with E-state index in [0.717, 1.165) is 0 Å². The minimum atomic E-state index is -4.15. The first-order valence-electron chi connectivity index (χ1n) is 8.16. The standard InChI is InChI=1S/C18H14N4O4S/c1-2-18-20-13-8-15(22(23)24)17(9-14(13)21-18)27(25,26)16-5-3-4-11-10-19-7-6-12(11)16/h3-10H,2H2,1H3,(H,20,21). The molecule has 27 heavy (non-hydrogen) atoms. The number of aromatic nitrogens is 3. The normalized spacial score (nSPS) is 11.9. The quantitative estimate of drug-likeness (QED) is 0.427. The van der Waals surface area contributed by atoms with Crippen LogP contribution in [0, 0.1) is 10.1 Å². The maximum absolute atomic E-state index is 13.3. The molecule has 4 aromatic rings. The van der Waals surface area contributed by atoms with E-state index < -0.39 is 20.4 Å². The Labute approximate surface area is 154 Å². The van der Waals surface area contributed by atoms with Gasteiger partial charge in [0.2, 0.25) is 9.84 Å². The van der Waals surface area contributed by atoms with E-state index >= 15 is 0 Å². The van der Waals surface area contributed by atoms with Crippen LogP contribution in [-0.2, 0) is 16.3 Å². The van der Waals surface area contributed by atoms with Crippen LogP contribution in [0.5, 0.6) is 0 Å². The number of hydrogen-bond acceptors (Lipinski definition) is 6. The molecule has 8 nitrogen and oxygen atoms in total. The molecule has 0 amide bonds. The SMILES string of the molecule is CCc1nc2cc(S(=O)(=O)c3cccc4cnccc34)c([N+](=O)[O-])cc2[nH]1. The average Bonchev–Trinajstić information content (AvgIpc) is 3.08. The number of hydrogen-bond donors (Lipinski definition) is 1. The largest absolute Gasteiger partial charge is 0.342 e. The van der Waals surface area contributed by atoms with Crippen LogP contribution in [0.25, 0.3) is 21.8 Å². The van der Waals surface area contributed by atoms with Crippen molar-refractivity contribution in [3.05, 3.63) is 64.7 Å². The lowest BCUT2D eigenvalue weighted by Crippen LogP contribution is -2.06. The molecular weight excluding hydrogens is 368 g/mol. The molecule has 2 aromatic carbocycles. The summed E-state index contributed by atoms with van der Waals surface area (Å²) in [4.78, 5) is 21.8. The monoisotopic (exact) mass is 382 g/mol. The first kappa shape index (κ1) is 17.1. The zero-order chi connectivity index (χ0) is 19.2. The number of rotatable bonds is 4. The highest BCUT2D eigenvalue weighted by Crippen LogP contribution is 2.35. The number of sulfone groups is 1. The molecular formula is C18H14N4O4S. The van der Waals surface area contributed by atoms with E-state index in [1.807, 2.05) is 6.92 Å². The van der Waals surface area contributed by atoms with Crippen LogP contribution in [-0.4, -0.2) is 28.3 Å². The summed E-state index contributed by atoms with van der Waals surface area (Å²) in [7, 11) is -4.15. The fourth-order valence-corrected chi connectivity index (χ4v) is 4.70. The van der Waals surface area contributed by atoms with Crippen molar-refractivity contribution in [2.75, 3.05) is 0 Å². The Morgan fingerprint density at radius 2 is 2.00 bits per heavy atom. The van der Waals surface area contributed by atoms with Crippen molar-refractivity contribution >= 4 is 37.3 Å². The minimum Gasteiger partial charge on any atom is -0.342 e. The summed E-state index contributed by atoms with van der Waals surface area (Å²) in [6.45, 7) is 1.88. The van der Waals surface area contributed by atoms with Gasteiger partial charge in [-0.3, -0.25) is 15.1 Å². The van der Waals surface area contributed by atoms with Crippen LogP contribution in [0.2, 0.25) is 0 Å². The van der Waals surface area contributed by atoms with Crippen LogP contribution in [0.15, 0.2) is 58.6 Å². The lowest BCUT2D eigenvalue weighted by atomic mass is 10.2. The summed E-state index contributed by atoms with van der Waals surface area (Å²) >= 11 is 0. The van der Waals surface area contributed by atoms with Crippen molar-refractivity contribution < 1.29 is 13.3 Å². The predicted octanol–water partition coefficient (Wildman–Crippen LogP) is 3.41. The average molecular weight is 382 g/mol. The maximum atomic E-state index is 13.3. The highest BCUT2D eigenvalue weighted by atomic mass is 32.2. The molecule has 136 valence electrons. The van der Waals surface area contributed by atoms with Crippen molar-refractivity contribution in [1.29, 1.82) is 0 Å². The summed E-state index contributed by atoms with van der Waals surface area (Å²) in [6, 6.07) is 8.83. The lowest BCUT2D eigenvalue weighted by molar-refractivity contribution is -0.387. The molecule has 0 aliphatic heterocycles. The lowest BCUT2D eigenvalue weighted by Gasteiger charge is -2.08. The molecule has 4 rings (SSSR count). The summed E-state index contributed by atoms with van der Waals surface area (Å²) < 4.78 is 26.7. The highest BCUT2D eigenvalue weighted by molar-refractivity contribution is 7.92. The van der Waals surface area contributed by atoms with E-state index in [0.29, 0.717) is 34.1 Å². The molecule has 0 aliphatic carbocycles. The topological polar surface area (TPSA) is 119 Å². The number of imidazole rings is 1. The molecule has 0 atom stereocenters. The van der Waals surface area contributed by atoms with E-state index in [2.05, 4.69) is 15.0 Å². The summed E-state index contributed by atoms with van der Waals surface area (Å²) in [5.41, 5.74) is 0.317. The first-order chi connectivity index (χ1) is 12.9. The Morgan fingerprint density at radius 3 is 2.74 bits per heavy atom. The zero-order valence-electron chi connectivity index (χ0n) is 14.2. The number of benzene rings is 2. The second kappa shape index (κ2) is 6.13. The van der Waals surface area contributed by atoms with Crippen LogP contribution >= 0.6 is 0 Å². The number of aryl methyl sites for hydroxylation is 1. The third kappa shape index (κ3) is 2.72. The van der Waals surface area contributed by atoms with Gasteiger partial charge in [0.25, 0.3) is 5.69 Å². The Balaban J connectivity index is 2.04. The molecule has 9 heteroatoms. The molecule has 0 fully saturated rings. The van der Waals surface area contributed by atoms with Crippen LogP contribution < -0.4 is 0 Å². The van der Waals surface area contributed by atoms with Gasteiger partial charge in [-0.2, -0.15) is 0 Å².